The highest BCUT2D eigenvalue weighted by atomic mass is 35.5. The van der Waals surface area contributed by atoms with E-state index in [0.29, 0.717) is 11.4 Å². The molecule has 0 saturated heterocycles. The molecule has 0 aromatic heterocycles. The molecule has 104 valence electrons. The molecule has 1 amide bonds. The van der Waals surface area contributed by atoms with E-state index in [4.69, 9.17) is 34.8 Å². The average molecular weight is 321 g/mol. The Morgan fingerprint density at radius 2 is 2.11 bits per heavy atom. The molecule has 1 aliphatic rings. The molecule has 1 aliphatic carbocycles. The van der Waals surface area contributed by atoms with E-state index < -0.39 is 9.75 Å². The summed E-state index contributed by atoms with van der Waals surface area (Å²) in [6.45, 7) is 3.74. The van der Waals surface area contributed by atoms with Crippen LogP contribution < -0.4 is 5.32 Å². The van der Waals surface area contributed by atoms with Gasteiger partial charge in [-0.05, 0) is 44.4 Å². The van der Waals surface area contributed by atoms with Crippen LogP contribution in [0.5, 0.6) is 0 Å². The van der Waals surface area contributed by atoms with Crippen molar-refractivity contribution in [3.63, 3.8) is 0 Å². The fraction of sp³-hybridized carbons (Fsp3) is 0.500. The van der Waals surface area contributed by atoms with Crippen molar-refractivity contribution in [2.24, 2.45) is 5.41 Å². The van der Waals surface area contributed by atoms with Crippen LogP contribution in [-0.2, 0) is 11.2 Å². The van der Waals surface area contributed by atoms with Gasteiger partial charge in [-0.15, -0.1) is 23.2 Å². The first-order chi connectivity index (χ1) is 8.74. The van der Waals surface area contributed by atoms with E-state index in [0.717, 1.165) is 12.0 Å². The molecule has 19 heavy (non-hydrogen) atoms. The van der Waals surface area contributed by atoms with E-state index in [1.807, 2.05) is 31.2 Å². The first kappa shape index (κ1) is 15.0. The molecule has 1 saturated carbocycles. The second kappa shape index (κ2) is 5.16. The summed E-state index contributed by atoms with van der Waals surface area (Å²) in [5.41, 5.74) is 0.419. The molecular weight excluding hydrogens is 305 g/mol. The molecule has 2 rings (SSSR count). The number of hydrogen-bond donors (Lipinski definition) is 1. The lowest BCUT2D eigenvalue weighted by atomic mass is 10.0. The van der Waals surface area contributed by atoms with Crippen molar-refractivity contribution in [3.8, 4) is 0 Å². The van der Waals surface area contributed by atoms with Gasteiger partial charge in [0.15, 0.2) is 0 Å². The molecule has 1 fully saturated rings. The summed E-state index contributed by atoms with van der Waals surface area (Å²) in [6.07, 6.45) is 1.22. The monoisotopic (exact) mass is 319 g/mol. The number of nitrogens with one attached hydrogen (secondary N) is 1. The summed E-state index contributed by atoms with van der Waals surface area (Å²) in [5.74, 6) is -0.0907. The fourth-order valence-electron chi connectivity index (χ4n) is 2.10. The third kappa shape index (κ3) is 3.18. The zero-order valence-electron chi connectivity index (χ0n) is 10.8. The topological polar surface area (TPSA) is 29.1 Å². The van der Waals surface area contributed by atoms with E-state index in [9.17, 15) is 4.79 Å². The van der Waals surface area contributed by atoms with E-state index in [2.05, 4.69) is 5.32 Å². The Morgan fingerprint density at radius 1 is 1.47 bits per heavy atom. The molecule has 1 aromatic carbocycles. The molecular formula is C14H16Cl3NO. The minimum Gasteiger partial charge on any atom is -0.353 e. The Bertz CT molecular complexity index is 503. The Balaban J connectivity index is 1.92. The van der Waals surface area contributed by atoms with Crippen LogP contribution >= 0.6 is 34.8 Å². The number of carbonyl (C=O) groups is 1. The summed E-state index contributed by atoms with van der Waals surface area (Å²) < 4.78 is -0.924. The smallest absolute Gasteiger partial charge is 0.229 e. The number of amides is 1. The molecule has 2 nitrogen and oxygen atoms in total. The molecule has 0 spiro atoms. The Kier molecular flexibility index (Phi) is 4.06. The highest BCUT2D eigenvalue weighted by molar-refractivity contribution is 6.53. The minimum atomic E-state index is -0.924. The van der Waals surface area contributed by atoms with Crippen LogP contribution in [0.4, 0.5) is 0 Å². The molecule has 1 N–H and O–H groups in total. The van der Waals surface area contributed by atoms with Gasteiger partial charge in [0, 0.05) is 11.1 Å². The largest absolute Gasteiger partial charge is 0.353 e. The first-order valence-electron chi connectivity index (χ1n) is 6.18. The molecule has 1 aromatic rings. The molecule has 0 heterocycles. The molecule has 0 bridgehead atoms. The van der Waals surface area contributed by atoms with Gasteiger partial charge in [0.2, 0.25) is 5.91 Å². The van der Waals surface area contributed by atoms with Crippen LogP contribution in [0.15, 0.2) is 24.3 Å². The number of rotatable bonds is 4. The van der Waals surface area contributed by atoms with Crippen molar-refractivity contribution in [1.82, 2.24) is 5.32 Å². The molecule has 2 unspecified atom stereocenters. The van der Waals surface area contributed by atoms with Gasteiger partial charge in [0.05, 0.1) is 5.41 Å². The summed E-state index contributed by atoms with van der Waals surface area (Å²) in [5, 5.41) is 3.65. The summed E-state index contributed by atoms with van der Waals surface area (Å²) in [4.78, 5) is 12.1. The Morgan fingerprint density at radius 3 is 2.63 bits per heavy atom. The van der Waals surface area contributed by atoms with Gasteiger partial charge in [-0.2, -0.15) is 0 Å². The van der Waals surface area contributed by atoms with Crippen LogP contribution in [0.1, 0.15) is 25.8 Å². The maximum absolute atomic E-state index is 12.1. The molecule has 5 heteroatoms. The predicted molar refractivity (Wildman–Crippen MR) is 79.9 cm³/mol. The van der Waals surface area contributed by atoms with Crippen molar-refractivity contribution in [2.45, 2.75) is 37.1 Å². The highest BCUT2D eigenvalue weighted by Crippen LogP contribution is 2.63. The van der Waals surface area contributed by atoms with Crippen molar-refractivity contribution in [2.75, 3.05) is 0 Å². The number of carbonyl (C=O) groups excluding carboxylic acids is 1. The van der Waals surface area contributed by atoms with Gasteiger partial charge in [-0.1, -0.05) is 23.7 Å². The second-order valence-corrected chi connectivity index (χ2v) is 7.34. The molecule has 0 radical (unpaired) electrons. The maximum atomic E-state index is 12.1. The summed E-state index contributed by atoms with van der Waals surface area (Å²) in [7, 11) is 0. The highest BCUT2D eigenvalue weighted by Gasteiger charge is 2.67. The van der Waals surface area contributed by atoms with Gasteiger partial charge in [-0.3, -0.25) is 4.79 Å². The number of halogens is 3. The number of benzene rings is 1. The lowest BCUT2D eigenvalue weighted by Crippen LogP contribution is -2.40. The number of hydrogen-bond acceptors (Lipinski definition) is 1. The van der Waals surface area contributed by atoms with Gasteiger partial charge in [0.1, 0.15) is 4.33 Å². The van der Waals surface area contributed by atoms with E-state index in [1.165, 1.54) is 0 Å². The SMILES string of the molecule is CC(Cc1cccc(Cl)c1)NC(=O)C1(C)CC1(Cl)Cl. The normalized spacial score (nSPS) is 25.7. The zero-order chi connectivity index (χ0) is 14.3. The zero-order valence-corrected chi connectivity index (χ0v) is 13.1. The summed E-state index contributed by atoms with van der Waals surface area (Å²) >= 11 is 17.9. The van der Waals surface area contributed by atoms with Crippen LogP contribution in [0, 0.1) is 5.41 Å². The lowest BCUT2D eigenvalue weighted by Gasteiger charge is -2.18. The Labute approximate surface area is 128 Å². The lowest BCUT2D eigenvalue weighted by molar-refractivity contribution is -0.126. The quantitative estimate of drug-likeness (QED) is 0.836. The van der Waals surface area contributed by atoms with Gasteiger partial charge in [0.25, 0.3) is 0 Å². The van der Waals surface area contributed by atoms with E-state index in [-0.39, 0.29) is 11.9 Å². The third-order valence-corrected chi connectivity index (χ3v) is 4.90. The maximum Gasteiger partial charge on any atom is 0.229 e. The van der Waals surface area contributed by atoms with Crippen LogP contribution in [0.25, 0.3) is 0 Å². The van der Waals surface area contributed by atoms with Crippen molar-refractivity contribution in [3.05, 3.63) is 34.9 Å². The second-order valence-electron chi connectivity index (χ2n) is 5.42. The van der Waals surface area contributed by atoms with Gasteiger partial charge >= 0.3 is 0 Å². The number of alkyl halides is 2. The average Bonchev–Trinajstić information content (AvgIpc) is 2.79. The van der Waals surface area contributed by atoms with Crippen LogP contribution in [0.3, 0.4) is 0 Å². The van der Waals surface area contributed by atoms with E-state index >= 15 is 0 Å². The van der Waals surface area contributed by atoms with Gasteiger partial charge < -0.3 is 5.32 Å². The summed E-state index contributed by atoms with van der Waals surface area (Å²) in [6, 6.07) is 7.62. The molecule has 2 atom stereocenters. The van der Waals surface area contributed by atoms with Crippen molar-refractivity contribution < 1.29 is 4.79 Å². The van der Waals surface area contributed by atoms with Crippen molar-refractivity contribution in [1.29, 1.82) is 0 Å². The standard InChI is InChI=1S/C14H16Cl3NO/c1-9(6-10-4-3-5-11(15)7-10)18-12(19)13(2)8-14(13,16)17/h3-5,7,9H,6,8H2,1-2H3,(H,18,19). The fourth-order valence-corrected chi connectivity index (χ4v) is 3.02. The minimum absolute atomic E-state index is 0.00697. The van der Waals surface area contributed by atoms with Crippen LogP contribution in [-0.4, -0.2) is 16.3 Å². The van der Waals surface area contributed by atoms with Gasteiger partial charge in [-0.25, -0.2) is 0 Å². The Hall–Kier alpha value is -0.440. The molecule has 0 aliphatic heterocycles. The predicted octanol–water partition coefficient (Wildman–Crippen LogP) is 3.97. The first-order valence-corrected chi connectivity index (χ1v) is 7.31. The van der Waals surface area contributed by atoms with Crippen LogP contribution in [0.2, 0.25) is 5.02 Å². The van der Waals surface area contributed by atoms with E-state index in [1.54, 1.807) is 6.92 Å². The third-order valence-electron chi connectivity index (χ3n) is 3.57. The van der Waals surface area contributed by atoms with Crippen molar-refractivity contribution >= 4 is 40.7 Å².